The summed E-state index contributed by atoms with van der Waals surface area (Å²) < 4.78 is 0. The first-order valence-corrected chi connectivity index (χ1v) is 7.63. The van der Waals surface area contributed by atoms with Crippen LogP contribution in [-0.4, -0.2) is 20.1 Å². The van der Waals surface area contributed by atoms with Gasteiger partial charge >= 0.3 is 0 Å². The lowest BCUT2D eigenvalue weighted by Gasteiger charge is -2.07. The summed E-state index contributed by atoms with van der Waals surface area (Å²) in [7, 11) is 0. The van der Waals surface area contributed by atoms with Crippen LogP contribution in [0.3, 0.4) is 0 Å². The molecule has 0 atom stereocenters. The third kappa shape index (κ3) is 3.52. The summed E-state index contributed by atoms with van der Waals surface area (Å²) in [6.45, 7) is 7.20. The highest BCUT2D eigenvalue weighted by atomic mass is 35.5. The van der Waals surface area contributed by atoms with Crippen LogP contribution in [0.1, 0.15) is 18.3 Å². The Morgan fingerprint density at radius 1 is 1.45 bits per heavy atom. The summed E-state index contributed by atoms with van der Waals surface area (Å²) in [5.41, 5.74) is 8.57. The largest absolute Gasteiger partial charge is 0.506 e. The zero-order valence-corrected chi connectivity index (χ0v) is 13.7. The predicted octanol–water partition coefficient (Wildman–Crippen LogP) is 4.09. The molecule has 3 N–H and O–H groups in total. The molecule has 0 unspecified atom stereocenters. The molecule has 0 aliphatic carbocycles. The maximum absolute atomic E-state index is 9.57. The lowest BCUT2D eigenvalue weighted by atomic mass is 10.1. The average Bonchev–Trinajstić information content (AvgIpc) is 2.92. The fourth-order valence-electron chi connectivity index (χ4n) is 1.73. The number of anilines is 1. The van der Waals surface area contributed by atoms with Crippen LogP contribution in [0.15, 0.2) is 41.1 Å². The number of thiazole rings is 1. The van der Waals surface area contributed by atoms with E-state index < -0.39 is 0 Å². The van der Waals surface area contributed by atoms with Crippen molar-refractivity contribution in [1.29, 1.82) is 0 Å². The van der Waals surface area contributed by atoms with Crippen LogP contribution >= 0.6 is 22.9 Å². The van der Waals surface area contributed by atoms with Gasteiger partial charge in [-0.1, -0.05) is 18.2 Å². The van der Waals surface area contributed by atoms with Crippen LogP contribution in [0.4, 0.5) is 5.82 Å². The Hall–Kier alpha value is -2.18. The predicted molar refractivity (Wildman–Crippen MR) is 91.6 cm³/mol. The Balaban J connectivity index is 2.56. The number of allylic oxidation sites excluding steroid dienone is 4. The van der Waals surface area contributed by atoms with Crippen molar-refractivity contribution >= 4 is 34.3 Å². The molecule has 114 valence electrons. The average molecular weight is 335 g/mol. The molecule has 0 saturated carbocycles. The Morgan fingerprint density at radius 3 is 2.77 bits per heavy atom. The molecular weight excluding hydrogens is 320 g/mol. The van der Waals surface area contributed by atoms with Crippen LogP contribution in [0.25, 0.3) is 16.3 Å². The first kappa shape index (κ1) is 16.2. The van der Waals surface area contributed by atoms with Crippen LogP contribution in [0.5, 0.6) is 0 Å². The molecule has 2 aromatic rings. The molecule has 2 rings (SSSR count). The number of nitrogens with two attached hydrogens (primary N) is 1. The van der Waals surface area contributed by atoms with Gasteiger partial charge in [0, 0.05) is 11.1 Å². The minimum absolute atomic E-state index is 0.101. The van der Waals surface area contributed by atoms with Crippen molar-refractivity contribution in [2.75, 3.05) is 5.73 Å². The molecule has 0 spiro atoms. The van der Waals surface area contributed by atoms with Gasteiger partial charge in [0.25, 0.3) is 0 Å². The molecule has 0 aliphatic rings. The van der Waals surface area contributed by atoms with Gasteiger partial charge in [-0.15, -0.1) is 11.3 Å². The van der Waals surface area contributed by atoms with Crippen molar-refractivity contribution in [3.05, 3.63) is 52.5 Å². The zero-order valence-electron chi connectivity index (χ0n) is 12.2. The molecule has 2 heterocycles. The van der Waals surface area contributed by atoms with E-state index >= 15 is 0 Å². The molecule has 0 aliphatic heterocycles. The van der Waals surface area contributed by atoms with Gasteiger partial charge in [-0.25, -0.2) is 9.97 Å². The van der Waals surface area contributed by atoms with E-state index in [4.69, 9.17) is 17.3 Å². The number of hydrogen-bond acceptors (Lipinski definition) is 6. The summed E-state index contributed by atoms with van der Waals surface area (Å²) in [4.78, 5) is 13.1. The quantitative estimate of drug-likeness (QED) is 0.649. The third-order valence-corrected chi connectivity index (χ3v) is 4.04. The number of nitrogen functional groups attached to an aromatic ring is 1. The standard InChI is InChI=1S/C15H15ClN4OS/c1-4-11(21)10(16)5-8(2)13-14(20-12(17)6-18-13)15-19-9(3)7-22-15/h4-7,21H,1H2,2-3H3,(H2,17,20)/b8-5+,11-10-. The van der Waals surface area contributed by atoms with Gasteiger partial charge in [0.15, 0.2) is 0 Å². The van der Waals surface area contributed by atoms with E-state index in [1.807, 2.05) is 19.2 Å². The van der Waals surface area contributed by atoms with Gasteiger partial charge < -0.3 is 10.8 Å². The smallest absolute Gasteiger partial charge is 0.144 e. The Bertz CT molecular complexity index is 780. The highest BCUT2D eigenvalue weighted by molar-refractivity contribution is 7.13. The van der Waals surface area contributed by atoms with Crippen LogP contribution < -0.4 is 5.73 Å². The molecule has 0 radical (unpaired) electrons. The van der Waals surface area contributed by atoms with E-state index in [9.17, 15) is 5.11 Å². The van der Waals surface area contributed by atoms with Crippen molar-refractivity contribution in [3.63, 3.8) is 0 Å². The Kier molecular flexibility index (Phi) is 4.95. The molecule has 0 bridgehead atoms. The number of aryl methyl sites for hydroxylation is 1. The normalized spacial score (nSPS) is 13.0. The zero-order chi connectivity index (χ0) is 16.3. The van der Waals surface area contributed by atoms with E-state index in [0.717, 1.165) is 16.3 Å². The van der Waals surface area contributed by atoms with Crippen molar-refractivity contribution in [3.8, 4) is 10.7 Å². The van der Waals surface area contributed by atoms with Crippen LogP contribution in [0.2, 0.25) is 0 Å². The van der Waals surface area contributed by atoms with Gasteiger partial charge in [0.1, 0.15) is 22.3 Å². The van der Waals surface area contributed by atoms with Crippen LogP contribution in [0, 0.1) is 6.92 Å². The second-order valence-electron chi connectivity index (χ2n) is 4.55. The second-order valence-corrected chi connectivity index (χ2v) is 5.82. The highest BCUT2D eigenvalue weighted by Gasteiger charge is 2.14. The van der Waals surface area contributed by atoms with E-state index in [1.165, 1.54) is 23.6 Å². The Labute approximate surface area is 137 Å². The molecule has 5 nitrogen and oxygen atoms in total. The van der Waals surface area contributed by atoms with Gasteiger partial charge in [0.2, 0.25) is 0 Å². The van der Waals surface area contributed by atoms with E-state index in [-0.39, 0.29) is 10.8 Å². The number of nitrogens with zero attached hydrogens (tertiary/aromatic N) is 3. The van der Waals surface area contributed by atoms with E-state index in [0.29, 0.717) is 17.2 Å². The maximum Gasteiger partial charge on any atom is 0.144 e. The molecule has 0 amide bonds. The van der Waals surface area contributed by atoms with Crippen molar-refractivity contribution in [2.24, 2.45) is 0 Å². The lowest BCUT2D eigenvalue weighted by Crippen LogP contribution is -2.00. The van der Waals surface area contributed by atoms with Crippen molar-refractivity contribution in [1.82, 2.24) is 15.0 Å². The number of aliphatic hydroxyl groups is 1. The fraction of sp³-hybridized carbons (Fsp3) is 0.133. The Morgan fingerprint density at radius 2 is 2.18 bits per heavy atom. The molecule has 0 fully saturated rings. The highest BCUT2D eigenvalue weighted by Crippen LogP contribution is 2.29. The SMILES string of the molecule is C=C/C(O)=C(Cl)\C=C(/C)c1ncc(N)nc1-c1nc(C)cs1. The topological polar surface area (TPSA) is 84.9 Å². The summed E-state index contributed by atoms with van der Waals surface area (Å²) in [5, 5.41) is 12.4. The molecule has 0 aromatic carbocycles. The molecular formula is C15H15ClN4OS. The van der Waals surface area contributed by atoms with Gasteiger partial charge in [0.05, 0.1) is 16.9 Å². The van der Waals surface area contributed by atoms with E-state index in [2.05, 4.69) is 21.5 Å². The molecule has 2 aromatic heterocycles. The van der Waals surface area contributed by atoms with E-state index in [1.54, 1.807) is 6.08 Å². The summed E-state index contributed by atoms with van der Waals surface area (Å²) in [5.74, 6) is 0.214. The number of rotatable bonds is 4. The number of aliphatic hydroxyl groups excluding tert-OH is 1. The third-order valence-electron chi connectivity index (χ3n) is 2.77. The van der Waals surface area contributed by atoms with Crippen molar-refractivity contribution < 1.29 is 5.11 Å². The van der Waals surface area contributed by atoms with Crippen molar-refractivity contribution in [2.45, 2.75) is 13.8 Å². The monoisotopic (exact) mass is 334 g/mol. The first-order chi connectivity index (χ1) is 10.4. The maximum atomic E-state index is 9.57. The fourth-order valence-corrected chi connectivity index (χ4v) is 2.76. The molecule has 0 saturated heterocycles. The van der Waals surface area contributed by atoms with Crippen LogP contribution in [-0.2, 0) is 0 Å². The van der Waals surface area contributed by atoms with Gasteiger partial charge in [-0.3, -0.25) is 4.98 Å². The van der Waals surface area contributed by atoms with Gasteiger partial charge in [-0.05, 0) is 31.6 Å². The van der Waals surface area contributed by atoms with Gasteiger partial charge in [-0.2, -0.15) is 0 Å². The first-order valence-electron chi connectivity index (χ1n) is 6.37. The lowest BCUT2D eigenvalue weighted by molar-refractivity contribution is 0.431. The summed E-state index contributed by atoms with van der Waals surface area (Å²) in [6, 6.07) is 0. The minimum Gasteiger partial charge on any atom is -0.506 e. The number of hydrogen-bond donors (Lipinski definition) is 2. The summed E-state index contributed by atoms with van der Waals surface area (Å²) >= 11 is 7.47. The number of aromatic nitrogens is 3. The number of halogens is 1. The second kappa shape index (κ2) is 6.72. The minimum atomic E-state index is -0.101. The summed E-state index contributed by atoms with van der Waals surface area (Å²) in [6.07, 6.45) is 4.34. The molecule has 7 heteroatoms. The molecule has 22 heavy (non-hydrogen) atoms.